The Bertz CT molecular complexity index is 506. The van der Waals surface area contributed by atoms with Gasteiger partial charge in [0.25, 0.3) is 0 Å². The van der Waals surface area contributed by atoms with E-state index in [1.165, 1.54) is 5.39 Å². The van der Waals surface area contributed by atoms with Gasteiger partial charge in [-0.1, -0.05) is 42.5 Å². The minimum Gasteiger partial charge on any atom is -0.301 e. The molecule has 2 aromatic carbocycles. The van der Waals surface area contributed by atoms with E-state index in [-0.39, 0.29) is 6.04 Å². The van der Waals surface area contributed by atoms with Gasteiger partial charge in [0.2, 0.25) is 0 Å². The number of hydrogen-bond donors (Lipinski definition) is 1. The fourth-order valence-electron chi connectivity index (χ4n) is 1.79. The number of nitriles is 1. The second kappa shape index (κ2) is 4.12. The van der Waals surface area contributed by atoms with Crippen molar-refractivity contribution in [2.24, 2.45) is 0 Å². The Hall–Kier alpha value is -1.85. The number of nitrogens with zero attached hydrogens (tertiary/aromatic N) is 1. The predicted octanol–water partition coefficient (Wildman–Crippen LogP) is 2.62. The molecule has 74 valence electrons. The fraction of sp³-hybridized carbons (Fsp3) is 0.154. The maximum atomic E-state index is 9.03. The van der Waals surface area contributed by atoms with Gasteiger partial charge in [0, 0.05) is 0 Å². The van der Waals surface area contributed by atoms with Crippen LogP contribution in [-0.2, 0) is 0 Å². The summed E-state index contributed by atoms with van der Waals surface area (Å²) in [4.78, 5) is 0. The molecule has 0 aliphatic heterocycles. The van der Waals surface area contributed by atoms with Crippen LogP contribution in [0.15, 0.2) is 42.5 Å². The maximum absolute atomic E-state index is 9.03. The lowest BCUT2D eigenvalue weighted by molar-refractivity contribution is 0.732. The highest BCUT2D eigenvalue weighted by Crippen LogP contribution is 2.23. The lowest BCUT2D eigenvalue weighted by atomic mass is 10.00. The van der Waals surface area contributed by atoms with Gasteiger partial charge in [-0.2, -0.15) is 5.26 Å². The summed E-state index contributed by atoms with van der Waals surface area (Å²) in [5, 5.41) is 14.3. The minimum atomic E-state index is -0.240. The van der Waals surface area contributed by atoms with Gasteiger partial charge in [-0.15, -0.1) is 0 Å². The molecule has 0 aromatic heterocycles. The van der Waals surface area contributed by atoms with Crippen LogP contribution in [0.2, 0.25) is 0 Å². The van der Waals surface area contributed by atoms with Crippen LogP contribution in [0, 0.1) is 11.3 Å². The van der Waals surface area contributed by atoms with Gasteiger partial charge in [-0.05, 0) is 23.4 Å². The molecule has 1 unspecified atom stereocenters. The van der Waals surface area contributed by atoms with Crippen LogP contribution < -0.4 is 5.32 Å². The van der Waals surface area contributed by atoms with Crippen molar-refractivity contribution in [2.75, 3.05) is 7.05 Å². The summed E-state index contributed by atoms with van der Waals surface area (Å²) in [6.45, 7) is 0. The first kappa shape index (κ1) is 9.70. The van der Waals surface area contributed by atoms with E-state index in [4.69, 9.17) is 5.26 Å². The summed E-state index contributed by atoms with van der Waals surface area (Å²) >= 11 is 0. The van der Waals surface area contributed by atoms with E-state index in [1.807, 2.05) is 30.3 Å². The molecule has 0 aliphatic carbocycles. The molecule has 0 heterocycles. The first-order valence-corrected chi connectivity index (χ1v) is 4.91. The van der Waals surface area contributed by atoms with Crippen molar-refractivity contribution in [1.29, 1.82) is 5.26 Å². The van der Waals surface area contributed by atoms with Crippen molar-refractivity contribution in [1.82, 2.24) is 5.32 Å². The largest absolute Gasteiger partial charge is 0.301 e. The molecule has 0 fully saturated rings. The average Bonchev–Trinajstić information content (AvgIpc) is 2.31. The van der Waals surface area contributed by atoms with Crippen molar-refractivity contribution < 1.29 is 0 Å². The third-order valence-electron chi connectivity index (χ3n) is 2.55. The standard InChI is InChI=1S/C13H12N2/c1-15-13(9-14)12-8-4-6-10-5-2-3-7-11(10)12/h2-8,13,15H,1H3. The molecule has 2 aromatic rings. The lowest BCUT2D eigenvalue weighted by Crippen LogP contribution is -2.14. The van der Waals surface area contributed by atoms with E-state index >= 15 is 0 Å². The zero-order valence-corrected chi connectivity index (χ0v) is 8.57. The van der Waals surface area contributed by atoms with Gasteiger partial charge in [0.1, 0.15) is 6.04 Å². The molecule has 0 bridgehead atoms. The lowest BCUT2D eigenvalue weighted by Gasteiger charge is -2.11. The monoisotopic (exact) mass is 196 g/mol. The van der Waals surface area contributed by atoms with Gasteiger partial charge < -0.3 is 5.32 Å². The van der Waals surface area contributed by atoms with Crippen molar-refractivity contribution >= 4 is 10.8 Å². The van der Waals surface area contributed by atoms with Crippen LogP contribution in [0.1, 0.15) is 11.6 Å². The summed E-state index contributed by atoms with van der Waals surface area (Å²) in [6.07, 6.45) is 0. The molecule has 0 radical (unpaired) electrons. The molecule has 0 saturated carbocycles. The topological polar surface area (TPSA) is 35.8 Å². The first-order chi connectivity index (χ1) is 7.36. The molecule has 1 N–H and O–H groups in total. The third-order valence-corrected chi connectivity index (χ3v) is 2.55. The normalized spacial score (nSPS) is 12.3. The Morgan fingerprint density at radius 1 is 1.13 bits per heavy atom. The van der Waals surface area contributed by atoms with E-state index in [9.17, 15) is 0 Å². The summed E-state index contributed by atoms with van der Waals surface area (Å²) in [5.74, 6) is 0. The van der Waals surface area contributed by atoms with E-state index in [2.05, 4.69) is 23.5 Å². The maximum Gasteiger partial charge on any atom is 0.121 e. The molecule has 2 rings (SSSR count). The van der Waals surface area contributed by atoms with Gasteiger partial charge in [0.05, 0.1) is 6.07 Å². The highest BCUT2D eigenvalue weighted by molar-refractivity contribution is 5.86. The molecule has 1 atom stereocenters. The van der Waals surface area contributed by atoms with Crippen LogP contribution in [0.25, 0.3) is 10.8 Å². The Balaban J connectivity index is 2.66. The zero-order chi connectivity index (χ0) is 10.7. The molecular weight excluding hydrogens is 184 g/mol. The van der Waals surface area contributed by atoms with Crippen molar-refractivity contribution in [3.8, 4) is 6.07 Å². The number of fused-ring (bicyclic) bond motifs is 1. The molecule has 15 heavy (non-hydrogen) atoms. The quantitative estimate of drug-likeness (QED) is 0.801. The summed E-state index contributed by atoms with van der Waals surface area (Å²) in [6, 6.07) is 16.2. The van der Waals surface area contributed by atoms with Crippen LogP contribution >= 0.6 is 0 Å². The summed E-state index contributed by atoms with van der Waals surface area (Å²) in [5.41, 5.74) is 1.04. The molecular formula is C13H12N2. The van der Waals surface area contributed by atoms with E-state index in [0.717, 1.165) is 10.9 Å². The van der Waals surface area contributed by atoms with Crippen molar-refractivity contribution in [3.63, 3.8) is 0 Å². The Morgan fingerprint density at radius 2 is 1.87 bits per heavy atom. The highest BCUT2D eigenvalue weighted by atomic mass is 14.9. The molecule has 2 nitrogen and oxygen atoms in total. The van der Waals surface area contributed by atoms with E-state index < -0.39 is 0 Å². The number of hydrogen-bond acceptors (Lipinski definition) is 2. The highest BCUT2D eigenvalue weighted by Gasteiger charge is 2.10. The zero-order valence-electron chi connectivity index (χ0n) is 8.57. The van der Waals surface area contributed by atoms with Crippen LogP contribution in [0.5, 0.6) is 0 Å². The SMILES string of the molecule is CNC(C#N)c1cccc2ccccc12. The second-order valence-corrected chi connectivity index (χ2v) is 3.42. The van der Waals surface area contributed by atoms with Crippen LogP contribution in [0.4, 0.5) is 0 Å². The van der Waals surface area contributed by atoms with Gasteiger partial charge >= 0.3 is 0 Å². The van der Waals surface area contributed by atoms with E-state index in [1.54, 1.807) is 7.05 Å². The number of nitrogens with one attached hydrogen (secondary N) is 1. The van der Waals surface area contributed by atoms with Crippen LogP contribution in [0.3, 0.4) is 0 Å². The molecule has 0 aliphatic rings. The third kappa shape index (κ3) is 1.70. The van der Waals surface area contributed by atoms with Gasteiger partial charge in [-0.25, -0.2) is 0 Å². The molecule has 0 spiro atoms. The number of benzene rings is 2. The predicted molar refractivity (Wildman–Crippen MR) is 61.4 cm³/mol. The minimum absolute atomic E-state index is 0.240. The Morgan fingerprint density at radius 3 is 2.60 bits per heavy atom. The summed E-state index contributed by atoms with van der Waals surface area (Å²) in [7, 11) is 1.80. The van der Waals surface area contributed by atoms with Gasteiger partial charge in [-0.3, -0.25) is 0 Å². The Labute approximate surface area is 89.2 Å². The molecule has 0 saturated heterocycles. The van der Waals surface area contributed by atoms with Gasteiger partial charge in [0.15, 0.2) is 0 Å². The smallest absolute Gasteiger partial charge is 0.121 e. The first-order valence-electron chi connectivity index (χ1n) is 4.91. The second-order valence-electron chi connectivity index (χ2n) is 3.42. The Kier molecular flexibility index (Phi) is 2.66. The molecule has 0 amide bonds. The van der Waals surface area contributed by atoms with Crippen molar-refractivity contribution in [2.45, 2.75) is 6.04 Å². The molecule has 2 heteroatoms. The summed E-state index contributed by atoms with van der Waals surface area (Å²) < 4.78 is 0. The van der Waals surface area contributed by atoms with E-state index in [0.29, 0.717) is 0 Å². The fourth-order valence-corrected chi connectivity index (χ4v) is 1.79. The van der Waals surface area contributed by atoms with Crippen LogP contribution in [-0.4, -0.2) is 7.05 Å². The number of rotatable bonds is 2. The average molecular weight is 196 g/mol. The van der Waals surface area contributed by atoms with Crippen molar-refractivity contribution in [3.05, 3.63) is 48.0 Å².